The molecule has 31 heavy (non-hydrogen) atoms. The molecule has 164 valence electrons. The van der Waals surface area contributed by atoms with E-state index in [1.165, 1.54) is 28.8 Å². The van der Waals surface area contributed by atoms with Crippen LogP contribution in [0.4, 0.5) is 4.39 Å². The van der Waals surface area contributed by atoms with E-state index in [0.717, 1.165) is 19.4 Å². The molecule has 2 aromatic carbocycles. The maximum absolute atomic E-state index is 13.2. The fourth-order valence-corrected chi connectivity index (χ4v) is 4.19. The number of carbonyl (C=O) groups is 1. The van der Waals surface area contributed by atoms with Crippen molar-refractivity contribution in [3.8, 4) is 0 Å². The van der Waals surface area contributed by atoms with Crippen molar-refractivity contribution in [1.29, 1.82) is 0 Å². The number of benzene rings is 2. The van der Waals surface area contributed by atoms with Crippen molar-refractivity contribution in [2.24, 2.45) is 5.92 Å². The van der Waals surface area contributed by atoms with Crippen LogP contribution in [0.1, 0.15) is 36.0 Å². The number of aromatic amines is 1. The molecule has 4 rings (SSSR count). The summed E-state index contributed by atoms with van der Waals surface area (Å²) in [6.07, 6.45) is 2.81. The van der Waals surface area contributed by atoms with Crippen molar-refractivity contribution in [3.05, 3.63) is 80.7 Å². The Bertz CT molecular complexity index is 1170. The third-order valence-electron chi connectivity index (χ3n) is 5.82. The summed E-state index contributed by atoms with van der Waals surface area (Å²) in [7, 11) is 0. The van der Waals surface area contributed by atoms with E-state index >= 15 is 0 Å². The van der Waals surface area contributed by atoms with Gasteiger partial charge in [0.25, 0.3) is 5.56 Å². The highest BCUT2D eigenvalue weighted by atomic mass is 35.5. The van der Waals surface area contributed by atoms with E-state index in [1.54, 1.807) is 24.3 Å². The first-order valence-corrected chi connectivity index (χ1v) is 10.3. The highest BCUT2D eigenvalue weighted by Crippen LogP contribution is 2.23. The molecule has 1 aliphatic heterocycles. The molecule has 2 heterocycles. The van der Waals surface area contributed by atoms with Gasteiger partial charge in [0.1, 0.15) is 5.82 Å². The molecule has 1 saturated heterocycles. The monoisotopic (exact) mass is 445 g/mol. The summed E-state index contributed by atoms with van der Waals surface area (Å²) in [6, 6.07) is 12.6. The first kappa shape index (κ1) is 22.9. The predicted octanol–water partition coefficient (Wildman–Crippen LogP) is 3.28. The minimum absolute atomic E-state index is 0. The Kier molecular flexibility index (Phi) is 7.41. The van der Waals surface area contributed by atoms with E-state index < -0.39 is 5.69 Å². The number of nitrogens with zero attached hydrogens (tertiary/aromatic N) is 1. The average molecular weight is 446 g/mol. The topological polar surface area (TPSA) is 84.0 Å². The van der Waals surface area contributed by atoms with Gasteiger partial charge in [-0.25, -0.2) is 9.18 Å². The van der Waals surface area contributed by atoms with Crippen molar-refractivity contribution in [2.75, 3.05) is 6.54 Å². The van der Waals surface area contributed by atoms with E-state index in [-0.39, 0.29) is 48.1 Å². The minimum Gasteiger partial charge on any atom is -0.314 e. The number of aromatic nitrogens is 2. The number of hydrogen-bond donors (Lipinski definition) is 2. The van der Waals surface area contributed by atoms with Crippen LogP contribution in [0.5, 0.6) is 0 Å². The summed E-state index contributed by atoms with van der Waals surface area (Å²) in [5, 5.41) is 3.92. The molecule has 2 atom stereocenters. The van der Waals surface area contributed by atoms with Gasteiger partial charge in [-0.05, 0) is 68.6 Å². The molecular weight excluding hydrogens is 421 g/mol. The van der Waals surface area contributed by atoms with Crippen LogP contribution in [0.15, 0.2) is 58.1 Å². The molecule has 1 aromatic heterocycles. The Balaban J connectivity index is 0.00000272. The van der Waals surface area contributed by atoms with Gasteiger partial charge in [0.15, 0.2) is 5.78 Å². The number of halogens is 2. The first-order chi connectivity index (χ1) is 14.5. The van der Waals surface area contributed by atoms with Crippen molar-refractivity contribution >= 4 is 29.1 Å². The van der Waals surface area contributed by atoms with Crippen LogP contribution in [0.2, 0.25) is 0 Å². The molecule has 0 radical (unpaired) electrons. The van der Waals surface area contributed by atoms with Gasteiger partial charge in [-0.1, -0.05) is 12.1 Å². The van der Waals surface area contributed by atoms with E-state index in [0.29, 0.717) is 29.3 Å². The highest BCUT2D eigenvalue weighted by molar-refractivity contribution is 5.97. The van der Waals surface area contributed by atoms with E-state index in [9.17, 15) is 18.8 Å². The Morgan fingerprint density at radius 1 is 1.10 bits per heavy atom. The molecule has 0 aliphatic carbocycles. The van der Waals surface area contributed by atoms with Gasteiger partial charge in [-0.15, -0.1) is 12.4 Å². The molecule has 0 saturated carbocycles. The van der Waals surface area contributed by atoms with Gasteiger partial charge in [-0.3, -0.25) is 14.2 Å². The standard InChI is InChI=1S/C23H24FN3O3.ClH/c24-17-9-7-15(8-10-17)21(28)16-4-3-12-25-18(14-16)11-13-27-22(29)19-5-1-2-6-20(19)26-23(27)30;/h1-2,5-10,16,18,25H,3-4,11-14H2,(H,26,30);1H. The quantitative estimate of drug-likeness (QED) is 0.590. The Morgan fingerprint density at radius 3 is 2.61 bits per heavy atom. The van der Waals surface area contributed by atoms with Crippen LogP contribution in [0.3, 0.4) is 0 Å². The normalized spacial score (nSPS) is 18.9. The SMILES string of the molecule is Cl.O=C(c1ccc(F)cc1)C1CCCNC(CCn2c(=O)[nH]c3ccccc3c2=O)C1. The number of rotatable bonds is 5. The van der Waals surface area contributed by atoms with E-state index in [1.807, 2.05) is 0 Å². The Morgan fingerprint density at radius 2 is 1.84 bits per heavy atom. The van der Waals surface area contributed by atoms with E-state index in [2.05, 4.69) is 10.3 Å². The largest absolute Gasteiger partial charge is 0.328 e. The molecular formula is C23H25ClFN3O3. The highest BCUT2D eigenvalue weighted by Gasteiger charge is 2.26. The lowest BCUT2D eigenvalue weighted by Gasteiger charge is -2.20. The lowest BCUT2D eigenvalue weighted by molar-refractivity contribution is 0.0902. The van der Waals surface area contributed by atoms with Crippen LogP contribution in [-0.4, -0.2) is 27.9 Å². The van der Waals surface area contributed by atoms with Crippen LogP contribution in [0, 0.1) is 11.7 Å². The fourth-order valence-electron chi connectivity index (χ4n) is 4.19. The molecule has 1 fully saturated rings. The zero-order valence-corrected chi connectivity index (χ0v) is 17.8. The molecule has 1 aliphatic rings. The fraction of sp³-hybridized carbons (Fsp3) is 0.348. The maximum atomic E-state index is 13.2. The van der Waals surface area contributed by atoms with Crippen LogP contribution in [-0.2, 0) is 6.54 Å². The number of H-pyrrole nitrogens is 1. The molecule has 0 spiro atoms. The third kappa shape index (κ3) is 5.11. The predicted molar refractivity (Wildman–Crippen MR) is 121 cm³/mol. The van der Waals surface area contributed by atoms with E-state index in [4.69, 9.17) is 0 Å². The number of ketones is 1. The summed E-state index contributed by atoms with van der Waals surface area (Å²) < 4.78 is 14.4. The molecule has 2 N–H and O–H groups in total. The molecule has 8 heteroatoms. The molecule has 6 nitrogen and oxygen atoms in total. The van der Waals surface area contributed by atoms with Gasteiger partial charge in [0.05, 0.1) is 10.9 Å². The van der Waals surface area contributed by atoms with Crippen LogP contribution in [0.25, 0.3) is 10.9 Å². The summed E-state index contributed by atoms with van der Waals surface area (Å²) in [6.45, 7) is 1.05. The molecule has 0 amide bonds. The second kappa shape index (κ2) is 10.0. The lowest BCUT2D eigenvalue weighted by Crippen LogP contribution is -2.38. The number of carbonyl (C=O) groups excluding carboxylic acids is 1. The summed E-state index contributed by atoms with van der Waals surface area (Å²) in [5.41, 5.74) is 0.318. The summed E-state index contributed by atoms with van der Waals surface area (Å²) in [5.74, 6) is -0.510. The van der Waals surface area contributed by atoms with Crippen molar-refractivity contribution in [2.45, 2.75) is 38.3 Å². The third-order valence-corrected chi connectivity index (χ3v) is 5.82. The molecule has 2 unspecified atom stereocenters. The number of hydrogen-bond acceptors (Lipinski definition) is 4. The van der Waals surface area contributed by atoms with Crippen LogP contribution >= 0.6 is 12.4 Å². The maximum Gasteiger partial charge on any atom is 0.328 e. The molecule has 0 bridgehead atoms. The number of Topliss-reactive ketones (excluding diaryl/α,β-unsaturated/α-hetero) is 1. The van der Waals surface area contributed by atoms with Gasteiger partial charge < -0.3 is 10.3 Å². The Hall–Kier alpha value is -2.77. The summed E-state index contributed by atoms with van der Waals surface area (Å²) >= 11 is 0. The second-order valence-corrected chi connectivity index (χ2v) is 7.82. The van der Waals surface area contributed by atoms with Crippen molar-refractivity contribution < 1.29 is 9.18 Å². The molecule has 3 aromatic rings. The smallest absolute Gasteiger partial charge is 0.314 e. The number of para-hydroxylation sites is 1. The summed E-state index contributed by atoms with van der Waals surface area (Å²) in [4.78, 5) is 40.7. The lowest BCUT2D eigenvalue weighted by atomic mass is 9.88. The minimum atomic E-state index is -0.425. The van der Waals surface area contributed by atoms with Gasteiger partial charge >= 0.3 is 5.69 Å². The Labute approximate surface area is 184 Å². The van der Waals surface area contributed by atoms with Gasteiger partial charge in [0.2, 0.25) is 0 Å². The second-order valence-electron chi connectivity index (χ2n) is 7.82. The zero-order chi connectivity index (χ0) is 21.1. The number of fused-ring (bicyclic) bond motifs is 1. The first-order valence-electron chi connectivity index (χ1n) is 10.3. The number of nitrogens with one attached hydrogen (secondary N) is 2. The van der Waals surface area contributed by atoms with Crippen molar-refractivity contribution in [1.82, 2.24) is 14.9 Å². The average Bonchev–Trinajstić information content (AvgIpc) is 2.99. The van der Waals surface area contributed by atoms with Crippen molar-refractivity contribution in [3.63, 3.8) is 0 Å². The van der Waals surface area contributed by atoms with Gasteiger partial charge in [0, 0.05) is 24.1 Å². The zero-order valence-electron chi connectivity index (χ0n) is 17.0. The van der Waals surface area contributed by atoms with Crippen LogP contribution < -0.4 is 16.6 Å². The van der Waals surface area contributed by atoms with Gasteiger partial charge in [-0.2, -0.15) is 0 Å².